The topological polar surface area (TPSA) is 78.3 Å². The summed E-state index contributed by atoms with van der Waals surface area (Å²) in [5, 5.41) is 0. The van der Waals surface area contributed by atoms with E-state index in [1.165, 1.54) is 18.2 Å². The van der Waals surface area contributed by atoms with Crippen molar-refractivity contribution in [3.8, 4) is 11.5 Å². The van der Waals surface area contributed by atoms with Crippen LogP contribution in [0.2, 0.25) is 0 Å². The summed E-state index contributed by atoms with van der Waals surface area (Å²) in [5.41, 5.74) is 11.3. The number of carbonyl (C=O) groups excluding carboxylic acids is 1. The molecule has 2 aromatic carbocycles. The van der Waals surface area contributed by atoms with Crippen molar-refractivity contribution in [2.24, 2.45) is 5.73 Å². The van der Waals surface area contributed by atoms with Crippen molar-refractivity contribution in [3.63, 3.8) is 0 Å². The smallest absolute Gasteiger partial charge is 0.252 e. The Morgan fingerprint density at radius 1 is 1.26 bits per heavy atom. The van der Waals surface area contributed by atoms with Gasteiger partial charge in [0.1, 0.15) is 0 Å². The van der Waals surface area contributed by atoms with Crippen LogP contribution in [0.4, 0.5) is 10.1 Å². The molecule has 1 amide bonds. The Kier molecular flexibility index (Phi) is 3.71. The second kappa shape index (κ2) is 5.27. The lowest BCUT2D eigenvalue weighted by atomic mass is 10.1. The third-order valence-electron chi connectivity index (χ3n) is 2.42. The van der Waals surface area contributed by atoms with Crippen molar-refractivity contribution in [2.75, 3.05) is 5.73 Å². The van der Waals surface area contributed by atoms with Crippen molar-refractivity contribution < 1.29 is 13.9 Å². The molecule has 0 aliphatic carbocycles. The molecule has 0 unspecified atom stereocenters. The van der Waals surface area contributed by atoms with Crippen molar-refractivity contribution in [3.05, 3.63) is 52.3 Å². The summed E-state index contributed by atoms with van der Waals surface area (Å²) >= 11 is 3.14. The van der Waals surface area contributed by atoms with E-state index in [0.717, 1.165) is 0 Å². The zero-order valence-corrected chi connectivity index (χ0v) is 11.3. The molecule has 4 N–H and O–H groups in total. The summed E-state index contributed by atoms with van der Waals surface area (Å²) < 4.78 is 19.6. The molecule has 0 saturated heterocycles. The normalized spacial score (nSPS) is 10.2. The molecule has 2 rings (SSSR count). The van der Waals surface area contributed by atoms with Crippen molar-refractivity contribution in [2.45, 2.75) is 0 Å². The SMILES string of the molecule is NC(=O)c1cccc(N)c1Oc1ccc(Br)cc1F. The summed E-state index contributed by atoms with van der Waals surface area (Å²) in [6, 6.07) is 8.86. The minimum atomic E-state index is -0.695. The number of anilines is 1. The van der Waals surface area contributed by atoms with E-state index in [1.54, 1.807) is 18.2 Å². The van der Waals surface area contributed by atoms with Gasteiger partial charge in [0.05, 0.1) is 11.3 Å². The first kappa shape index (κ1) is 13.4. The zero-order valence-electron chi connectivity index (χ0n) is 9.69. The van der Waals surface area contributed by atoms with E-state index in [0.29, 0.717) is 4.47 Å². The number of benzene rings is 2. The molecule has 0 atom stereocenters. The average molecular weight is 325 g/mol. The van der Waals surface area contributed by atoms with Crippen LogP contribution in [0.15, 0.2) is 40.9 Å². The fourth-order valence-electron chi connectivity index (χ4n) is 1.53. The minimum absolute atomic E-state index is 0.0383. The Balaban J connectivity index is 2.46. The molecule has 0 aromatic heterocycles. The molecule has 4 nitrogen and oxygen atoms in total. The Hall–Kier alpha value is -2.08. The van der Waals surface area contributed by atoms with Crippen LogP contribution in [-0.4, -0.2) is 5.91 Å². The van der Waals surface area contributed by atoms with Crippen molar-refractivity contribution in [1.29, 1.82) is 0 Å². The summed E-state index contributed by atoms with van der Waals surface area (Å²) in [7, 11) is 0. The Morgan fingerprint density at radius 2 is 2.00 bits per heavy atom. The lowest BCUT2D eigenvalue weighted by Gasteiger charge is -2.12. The molecule has 2 aromatic rings. The Morgan fingerprint density at radius 3 is 2.63 bits per heavy atom. The first-order valence-electron chi connectivity index (χ1n) is 5.30. The van der Waals surface area contributed by atoms with Crippen LogP contribution in [0.5, 0.6) is 11.5 Å². The van der Waals surface area contributed by atoms with Crippen LogP contribution < -0.4 is 16.2 Å². The molecule has 98 valence electrons. The molecule has 0 spiro atoms. The molecular weight excluding hydrogens is 315 g/mol. The summed E-state index contributed by atoms with van der Waals surface area (Å²) in [4.78, 5) is 11.3. The van der Waals surface area contributed by atoms with Gasteiger partial charge in [0.25, 0.3) is 5.91 Å². The number of hydrogen-bond acceptors (Lipinski definition) is 3. The fourth-order valence-corrected chi connectivity index (χ4v) is 1.86. The molecule has 0 saturated carbocycles. The van der Waals surface area contributed by atoms with Crippen LogP contribution >= 0.6 is 15.9 Å². The van der Waals surface area contributed by atoms with E-state index in [1.807, 2.05) is 0 Å². The molecule has 0 bridgehead atoms. The Labute approximate surface area is 117 Å². The van der Waals surface area contributed by atoms with Crippen molar-refractivity contribution >= 4 is 27.5 Å². The van der Waals surface area contributed by atoms with Gasteiger partial charge in [0, 0.05) is 4.47 Å². The predicted octanol–water partition coefficient (Wildman–Crippen LogP) is 3.06. The van der Waals surface area contributed by atoms with Crippen LogP contribution in [0.1, 0.15) is 10.4 Å². The lowest BCUT2D eigenvalue weighted by molar-refractivity contribution is 0.0998. The van der Waals surface area contributed by atoms with Gasteiger partial charge in [0.15, 0.2) is 17.3 Å². The standard InChI is InChI=1S/C13H10BrFN2O2/c14-7-4-5-11(9(15)6-7)19-12-8(13(17)18)2-1-3-10(12)16/h1-6H,16H2,(H2,17,18). The number of amides is 1. The number of rotatable bonds is 3. The molecule has 0 aliphatic heterocycles. The number of para-hydroxylation sites is 1. The number of carbonyl (C=O) groups is 1. The van der Waals surface area contributed by atoms with Crippen LogP contribution in [0.25, 0.3) is 0 Å². The van der Waals surface area contributed by atoms with Gasteiger partial charge < -0.3 is 16.2 Å². The highest BCUT2D eigenvalue weighted by Gasteiger charge is 2.15. The molecular formula is C13H10BrFN2O2. The van der Waals surface area contributed by atoms with E-state index < -0.39 is 11.7 Å². The highest BCUT2D eigenvalue weighted by Crippen LogP contribution is 2.33. The van der Waals surface area contributed by atoms with Crippen LogP contribution in [0.3, 0.4) is 0 Å². The van der Waals surface area contributed by atoms with Crippen LogP contribution in [-0.2, 0) is 0 Å². The number of nitrogens with two attached hydrogens (primary N) is 2. The predicted molar refractivity (Wildman–Crippen MR) is 73.5 cm³/mol. The maximum Gasteiger partial charge on any atom is 0.252 e. The van der Waals surface area contributed by atoms with Crippen LogP contribution in [0, 0.1) is 5.82 Å². The number of hydrogen-bond donors (Lipinski definition) is 2. The van der Waals surface area contributed by atoms with E-state index in [-0.39, 0.29) is 22.7 Å². The molecule has 0 radical (unpaired) electrons. The van der Waals surface area contributed by atoms with E-state index in [4.69, 9.17) is 16.2 Å². The summed E-state index contributed by atoms with van der Waals surface area (Å²) in [5.74, 6) is -1.26. The first-order chi connectivity index (χ1) is 8.99. The Bertz CT molecular complexity index is 647. The minimum Gasteiger partial charge on any atom is -0.451 e. The quantitative estimate of drug-likeness (QED) is 0.851. The third-order valence-corrected chi connectivity index (χ3v) is 2.91. The van der Waals surface area contributed by atoms with Gasteiger partial charge in [-0.25, -0.2) is 4.39 Å². The van der Waals surface area contributed by atoms with Gasteiger partial charge in [-0.05, 0) is 30.3 Å². The van der Waals surface area contributed by atoms with E-state index in [2.05, 4.69) is 15.9 Å². The summed E-state index contributed by atoms with van der Waals surface area (Å²) in [6.07, 6.45) is 0. The van der Waals surface area contributed by atoms with Gasteiger partial charge in [0.2, 0.25) is 0 Å². The number of primary amides is 1. The zero-order chi connectivity index (χ0) is 14.0. The fraction of sp³-hybridized carbons (Fsp3) is 0. The highest BCUT2D eigenvalue weighted by molar-refractivity contribution is 9.10. The lowest BCUT2D eigenvalue weighted by Crippen LogP contribution is -2.13. The van der Waals surface area contributed by atoms with Crippen molar-refractivity contribution in [1.82, 2.24) is 0 Å². The van der Waals surface area contributed by atoms with Gasteiger partial charge >= 0.3 is 0 Å². The number of ether oxygens (including phenoxy) is 1. The maximum atomic E-state index is 13.7. The first-order valence-corrected chi connectivity index (χ1v) is 6.09. The molecule has 19 heavy (non-hydrogen) atoms. The van der Waals surface area contributed by atoms with E-state index in [9.17, 15) is 9.18 Å². The molecule has 0 fully saturated rings. The molecule has 0 heterocycles. The second-order valence-electron chi connectivity index (χ2n) is 3.76. The molecule has 0 aliphatic rings. The maximum absolute atomic E-state index is 13.7. The number of nitrogen functional groups attached to an aromatic ring is 1. The molecule has 6 heteroatoms. The number of halogens is 2. The van der Waals surface area contributed by atoms with E-state index >= 15 is 0 Å². The monoisotopic (exact) mass is 324 g/mol. The van der Waals surface area contributed by atoms with Gasteiger partial charge in [-0.1, -0.05) is 22.0 Å². The average Bonchev–Trinajstić information content (AvgIpc) is 2.34. The van der Waals surface area contributed by atoms with Gasteiger partial charge in [-0.2, -0.15) is 0 Å². The summed E-state index contributed by atoms with van der Waals surface area (Å²) in [6.45, 7) is 0. The largest absolute Gasteiger partial charge is 0.451 e. The second-order valence-corrected chi connectivity index (χ2v) is 4.68. The van der Waals surface area contributed by atoms with Gasteiger partial charge in [-0.15, -0.1) is 0 Å². The highest BCUT2D eigenvalue weighted by atomic mass is 79.9. The third kappa shape index (κ3) is 2.85. The van der Waals surface area contributed by atoms with Gasteiger partial charge in [-0.3, -0.25) is 4.79 Å².